The van der Waals surface area contributed by atoms with Crippen LogP contribution in [-0.2, 0) is 0 Å². The van der Waals surface area contributed by atoms with Gasteiger partial charge >= 0.3 is 0 Å². The predicted molar refractivity (Wildman–Crippen MR) is 63.4 cm³/mol. The molecule has 0 amide bonds. The zero-order valence-electron chi connectivity index (χ0n) is 8.39. The van der Waals surface area contributed by atoms with E-state index in [2.05, 4.69) is 0 Å². The fraction of sp³-hybridized carbons (Fsp3) is 0. The van der Waals surface area contributed by atoms with Crippen molar-refractivity contribution in [3.63, 3.8) is 0 Å². The molecule has 0 saturated carbocycles. The second-order valence-corrected chi connectivity index (χ2v) is 3.57. The standard InChI is InChI=1S/C13H9ClO2/c14-13-10(9-15)5-4-8-12(13)16-11-6-2-1-3-7-11/h1-9H. The molecule has 2 rings (SSSR count). The van der Waals surface area contributed by atoms with Crippen LogP contribution in [0.5, 0.6) is 11.5 Å². The van der Waals surface area contributed by atoms with Crippen LogP contribution in [0.3, 0.4) is 0 Å². The van der Waals surface area contributed by atoms with Gasteiger partial charge in [-0.1, -0.05) is 35.9 Å². The first-order chi connectivity index (χ1) is 7.81. The topological polar surface area (TPSA) is 26.3 Å². The van der Waals surface area contributed by atoms with E-state index in [-0.39, 0.29) is 0 Å². The minimum absolute atomic E-state index is 0.335. The first kappa shape index (κ1) is 10.7. The Bertz CT molecular complexity index is 495. The molecule has 0 fully saturated rings. The summed E-state index contributed by atoms with van der Waals surface area (Å²) < 4.78 is 5.56. The molecule has 0 atom stereocenters. The smallest absolute Gasteiger partial charge is 0.151 e. The summed E-state index contributed by atoms with van der Waals surface area (Å²) >= 11 is 6.00. The van der Waals surface area contributed by atoms with Gasteiger partial charge in [0.15, 0.2) is 6.29 Å². The Labute approximate surface area is 98.4 Å². The quantitative estimate of drug-likeness (QED) is 0.749. The first-order valence-corrected chi connectivity index (χ1v) is 5.15. The Kier molecular flexibility index (Phi) is 3.22. The van der Waals surface area contributed by atoms with E-state index in [0.717, 1.165) is 0 Å². The van der Waals surface area contributed by atoms with Crippen LogP contribution in [-0.4, -0.2) is 6.29 Å². The molecule has 2 aromatic rings. The van der Waals surface area contributed by atoms with Crippen molar-refractivity contribution in [1.29, 1.82) is 0 Å². The number of benzene rings is 2. The van der Waals surface area contributed by atoms with E-state index in [1.54, 1.807) is 18.2 Å². The molecular weight excluding hydrogens is 224 g/mol. The van der Waals surface area contributed by atoms with Crippen LogP contribution in [0.1, 0.15) is 10.4 Å². The number of para-hydroxylation sites is 1. The third-order valence-corrected chi connectivity index (χ3v) is 2.50. The molecule has 0 bridgehead atoms. The third-order valence-electron chi connectivity index (χ3n) is 2.09. The lowest BCUT2D eigenvalue weighted by molar-refractivity contribution is 0.112. The molecule has 0 heterocycles. The summed E-state index contributed by atoms with van der Waals surface area (Å²) in [6, 6.07) is 14.4. The maximum atomic E-state index is 10.7. The molecule has 2 aromatic carbocycles. The van der Waals surface area contributed by atoms with Crippen molar-refractivity contribution in [2.75, 3.05) is 0 Å². The maximum Gasteiger partial charge on any atom is 0.151 e. The SMILES string of the molecule is O=Cc1cccc(Oc2ccccc2)c1Cl. The van der Waals surface area contributed by atoms with Crippen LogP contribution < -0.4 is 4.74 Å². The van der Waals surface area contributed by atoms with Crippen molar-refractivity contribution < 1.29 is 9.53 Å². The number of ether oxygens (including phenoxy) is 1. The summed E-state index contributed by atoms with van der Waals surface area (Å²) in [6.45, 7) is 0. The highest BCUT2D eigenvalue weighted by atomic mass is 35.5. The Morgan fingerprint density at radius 3 is 2.44 bits per heavy atom. The molecule has 0 aliphatic heterocycles. The van der Waals surface area contributed by atoms with Crippen LogP contribution in [0.25, 0.3) is 0 Å². The van der Waals surface area contributed by atoms with Crippen LogP contribution in [0.4, 0.5) is 0 Å². The van der Waals surface area contributed by atoms with E-state index < -0.39 is 0 Å². The summed E-state index contributed by atoms with van der Waals surface area (Å²) in [5.74, 6) is 1.17. The lowest BCUT2D eigenvalue weighted by atomic mass is 10.2. The summed E-state index contributed by atoms with van der Waals surface area (Å²) in [7, 11) is 0. The van der Waals surface area contributed by atoms with Gasteiger partial charge in [-0.05, 0) is 24.3 Å². The normalized spacial score (nSPS) is 9.81. The summed E-state index contributed by atoms with van der Waals surface area (Å²) in [5, 5.41) is 0.335. The third kappa shape index (κ3) is 2.23. The molecule has 0 saturated heterocycles. The Morgan fingerprint density at radius 1 is 1.00 bits per heavy atom. The van der Waals surface area contributed by atoms with Crippen molar-refractivity contribution in [3.8, 4) is 11.5 Å². The van der Waals surface area contributed by atoms with E-state index >= 15 is 0 Å². The number of halogens is 1. The van der Waals surface area contributed by atoms with Gasteiger partial charge < -0.3 is 4.74 Å². The van der Waals surface area contributed by atoms with Gasteiger partial charge in [0.2, 0.25) is 0 Å². The van der Waals surface area contributed by atoms with Gasteiger partial charge in [-0.3, -0.25) is 4.79 Å². The number of hydrogen-bond donors (Lipinski definition) is 0. The van der Waals surface area contributed by atoms with Crippen molar-refractivity contribution in [3.05, 3.63) is 59.1 Å². The Balaban J connectivity index is 2.32. The molecule has 0 radical (unpaired) electrons. The maximum absolute atomic E-state index is 10.7. The second kappa shape index (κ2) is 4.81. The van der Waals surface area contributed by atoms with E-state index in [1.165, 1.54) is 0 Å². The van der Waals surface area contributed by atoms with Crippen molar-refractivity contribution in [2.45, 2.75) is 0 Å². The van der Waals surface area contributed by atoms with Gasteiger partial charge in [-0.25, -0.2) is 0 Å². The van der Waals surface area contributed by atoms with Crippen LogP contribution in [0.15, 0.2) is 48.5 Å². The Morgan fingerprint density at radius 2 is 1.75 bits per heavy atom. The van der Waals surface area contributed by atoms with Crippen LogP contribution in [0.2, 0.25) is 5.02 Å². The van der Waals surface area contributed by atoms with E-state index in [9.17, 15) is 4.79 Å². The molecule has 0 unspecified atom stereocenters. The minimum Gasteiger partial charge on any atom is -0.456 e. The van der Waals surface area contributed by atoms with Crippen LogP contribution >= 0.6 is 11.6 Å². The number of carbonyl (C=O) groups excluding carboxylic acids is 1. The van der Waals surface area contributed by atoms with Gasteiger partial charge in [0.1, 0.15) is 11.5 Å². The molecule has 0 aliphatic rings. The van der Waals surface area contributed by atoms with Gasteiger partial charge in [0.25, 0.3) is 0 Å². The number of rotatable bonds is 3. The zero-order chi connectivity index (χ0) is 11.4. The van der Waals surface area contributed by atoms with Gasteiger partial charge in [0.05, 0.1) is 5.02 Å². The molecular formula is C13H9ClO2. The van der Waals surface area contributed by atoms with Gasteiger partial charge in [-0.2, -0.15) is 0 Å². The molecule has 2 nitrogen and oxygen atoms in total. The zero-order valence-corrected chi connectivity index (χ0v) is 9.15. The largest absolute Gasteiger partial charge is 0.456 e. The highest BCUT2D eigenvalue weighted by Gasteiger charge is 2.06. The molecule has 0 N–H and O–H groups in total. The summed E-state index contributed by atoms with van der Waals surface area (Å²) in [4.78, 5) is 10.7. The average Bonchev–Trinajstić information content (AvgIpc) is 2.33. The van der Waals surface area contributed by atoms with Crippen LogP contribution in [0, 0.1) is 0 Å². The van der Waals surface area contributed by atoms with E-state index in [0.29, 0.717) is 28.4 Å². The number of carbonyl (C=O) groups is 1. The lowest BCUT2D eigenvalue weighted by Crippen LogP contribution is -1.88. The molecule has 3 heteroatoms. The van der Waals surface area contributed by atoms with E-state index in [4.69, 9.17) is 16.3 Å². The monoisotopic (exact) mass is 232 g/mol. The highest BCUT2D eigenvalue weighted by Crippen LogP contribution is 2.30. The minimum atomic E-state index is 0.335. The van der Waals surface area contributed by atoms with Crippen molar-refractivity contribution in [1.82, 2.24) is 0 Å². The van der Waals surface area contributed by atoms with Crippen molar-refractivity contribution in [2.24, 2.45) is 0 Å². The molecule has 0 aliphatic carbocycles. The van der Waals surface area contributed by atoms with E-state index in [1.807, 2.05) is 30.3 Å². The predicted octanol–water partition coefficient (Wildman–Crippen LogP) is 3.94. The summed E-state index contributed by atoms with van der Waals surface area (Å²) in [5.41, 5.74) is 0.426. The second-order valence-electron chi connectivity index (χ2n) is 3.19. The number of hydrogen-bond acceptors (Lipinski definition) is 2. The molecule has 80 valence electrons. The van der Waals surface area contributed by atoms with Gasteiger partial charge in [-0.15, -0.1) is 0 Å². The Hall–Kier alpha value is -1.80. The highest BCUT2D eigenvalue weighted by molar-refractivity contribution is 6.34. The molecule has 0 spiro atoms. The molecule has 16 heavy (non-hydrogen) atoms. The fourth-order valence-corrected chi connectivity index (χ4v) is 1.52. The molecule has 0 aromatic heterocycles. The fourth-order valence-electron chi connectivity index (χ4n) is 1.31. The lowest BCUT2D eigenvalue weighted by Gasteiger charge is -2.08. The van der Waals surface area contributed by atoms with Gasteiger partial charge in [0, 0.05) is 5.56 Å². The number of aldehydes is 1. The summed E-state index contributed by atoms with van der Waals surface area (Å²) in [6.07, 6.45) is 0.709. The average molecular weight is 233 g/mol. The first-order valence-electron chi connectivity index (χ1n) is 4.78. The van der Waals surface area contributed by atoms with Crippen molar-refractivity contribution >= 4 is 17.9 Å².